The standard InChI is InChI=1S/C6H8/c1-2-5-4-6(5)3-1/h1-2,5-6H,3-4H2/t5-,6-/m1/s1. The number of allylic oxidation sites excluding steroid dienone is 2. The summed E-state index contributed by atoms with van der Waals surface area (Å²) in [7, 11) is 0. The summed E-state index contributed by atoms with van der Waals surface area (Å²) in [4.78, 5) is 0. The van der Waals surface area contributed by atoms with Gasteiger partial charge < -0.3 is 0 Å². The number of fused-ring (bicyclic) bond motifs is 1. The maximum atomic E-state index is 2.35. The van der Waals surface area contributed by atoms with Crippen molar-refractivity contribution in [2.45, 2.75) is 12.8 Å². The van der Waals surface area contributed by atoms with Gasteiger partial charge in [0.25, 0.3) is 0 Å². The largest absolute Gasteiger partial charge is 0.0880 e. The Balaban J connectivity index is 2.26. The third kappa shape index (κ3) is 0.204. The summed E-state index contributed by atoms with van der Waals surface area (Å²) in [6, 6.07) is 0. The first-order valence-electron chi connectivity index (χ1n) is 2.63. The molecule has 0 heteroatoms. The van der Waals surface area contributed by atoms with Crippen LogP contribution >= 0.6 is 0 Å². The SMILES string of the molecule is C1=C[C@@H]2C[C@H]2C1. The summed E-state index contributed by atoms with van der Waals surface area (Å²) in [5.74, 6) is 2.13. The quantitative estimate of drug-likeness (QED) is 0.387. The molecule has 0 aromatic carbocycles. The summed E-state index contributed by atoms with van der Waals surface area (Å²) >= 11 is 0. The molecule has 0 radical (unpaired) electrons. The second-order valence-electron chi connectivity index (χ2n) is 2.32. The molecule has 2 atom stereocenters. The summed E-state index contributed by atoms with van der Waals surface area (Å²) in [6.07, 6.45) is 7.53. The average molecular weight is 80.1 g/mol. The smallest absolute Gasteiger partial charge is 0.0199 e. The van der Waals surface area contributed by atoms with E-state index >= 15 is 0 Å². The van der Waals surface area contributed by atoms with Crippen molar-refractivity contribution in [3.05, 3.63) is 12.2 Å². The Morgan fingerprint density at radius 3 is 2.67 bits per heavy atom. The van der Waals surface area contributed by atoms with Gasteiger partial charge >= 0.3 is 0 Å². The van der Waals surface area contributed by atoms with Crippen molar-refractivity contribution in [2.75, 3.05) is 0 Å². The second kappa shape index (κ2) is 0.699. The Hall–Kier alpha value is -0.260. The van der Waals surface area contributed by atoms with Gasteiger partial charge in [0.05, 0.1) is 0 Å². The van der Waals surface area contributed by atoms with E-state index in [1.54, 1.807) is 0 Å². The maximum absolute atomic E-state index is 2.35. The lowest BCUT2D eigenvalue weighted by Crippen LogP contribution is -1.61. The summed E-state index contributed by atoms with van der Waals surface area (Å²) in [5.41, 5.74) is 0. The van der Waals surface area contributed by atoms with Crippen LogP contribution in [0.2, 0.25) is 0 Å². The van der Waals surface area contributed by atoms with Crippen molar-refractivity contribution in [3.8, 4) is 0 Å². The predicted octanol–water partition coefficient (Wildman–Crippen LogP) is 1.58. The van der Waals surface area contributed by atoms with Gasteiger partial charge in [-0.2, -0.15) is 0 Å². The lowest BCUT2D eigenvalue weighted by Gasteiger charge is -1.72. The minimum atomic E-state index is 1.03. The van der Waals surface area contributed by atoms with Gasteiger partial charge in [0.2, 0.25) is 0 Å². The van der Waals surface area contributed by atoms with Crippen LogP contribution in [0, 0.1) is 11.8 Å². The zero-order chi connectivity index (χ0) is 3.98. The summed E-state index contributed by atoms with van der Waals surface area (Å²) in [5, 5.41) is 0. The van der Waals surface area contributed by atoms with Gasteiger partial charge in [-0.25, -0.2) is 0 Å². The van der Waals surface area contributed by atoms with Gasteiger partial charge in [0, 0.05) is 0 Å². The first-order valence-corrected chi connectivity index (χ1v) is 2.63. The van der Waals surface area contributed by atoms with Crippen molar-refractivity contribution < 1.29 is 0 Å². The topological polar surface area (TPSA) is 0 Å². The highest BCUT2D eigenvalue weighted by Gasteiger charge is 2.36. The van der Waals surface area contributed by atoms with Gasteiger partial charge in [0.15, 0.2) is 0 Å². The lowest BCUT2D eigenvalue weighted by molar-refractivity contribution is 0.855. The van der Waals surface area contributed by atoms with Crippen LogP contribution in [-0.2, 0) is 0 Å². The average Bonchev–Trinajstić information content (AvgIpc) is 2.17. The number of hydrogen-bond acceptors (Lipinski definition) is 0. The highest BCUT2D eigenvalue weighted by molar-refractivity contribution is 5.11. The van der Waals surface area contributed by atoms with Crippen molar-refractivity contribution in [3.63, 3.8) is 0 Å². The van der Waals surface area contributed by atoms with Gasteiger partial charge in [0.1, 0.15) is 0 Å². The third-order valence-electron chi connectivity index (χ3n) is 1.80. The molecule has 0 nitrogen and oxygen atoms in total. The van der Waals surface area contributed by atoms with Crippen LogP contribution < -0.4 is 0 Å². The van der Waals surface area contributed by atoms with Crippen LogP contribution in [0.5, 0.6) is 0 Å². The van der Waals surface area contributed by atoms with Gasteiger partial charge in [-0.05, 0) is 24.7 Å². The molecule has 32 valence electrons. The molecule has 0 amide bonds. The molecule has 0 saturated heterocycles. The first-order chi connectivity index (χ1) is 2.97. The molecular formula is C6H8. The monoisotopic (exact) mass is 80.1 g/mol. The van der Waals surface area contributed by atoms with E-state index in [4.69, 9.17) is 0 Å². The van der Waals surface area contributed by atoms with Gasteiger partial charge in [-0.1, -0.05) is 12.2 Å². The van der Waals surface area contributed by atoms with E-state index in [9.17, 15) is 0 Å². The first kappa shape index (κ1) is 2.84. The fourth-order valence-electron chi connectivity index (χ4n) is 1.21. The minimum absolute atomic E-state index is 1.03. The number of hydrogen-bond donors (Lipinski definition) is 0. The molecule has 6 heavy (non-hydrogen) atoms. The third-order valence-corrected chi connectivity index (χ3v) is 1.80. The van der Waals surface area contributed by atoms with Crippen LogP contribution in [0.25, 0.3) is 0 Å². The normalized spacial score (nSPS) is 49.3. The van der Waals surface area contributed by atoms with Crippen LogP contribution in [-0.4, -0.2) is 0 Å². The molecule has 0 unspecified atom stereocenters. The lowest BCUT2D eigenvalue weighted by atomic mass is 10.3. The van der Waals surface area contributed by atoms with E-state index in [2.05, 4.69) is 12.2 Å². The molecular weight excluding hydrogens is 72.1 g/mol. The van der Waals surface area contributed by atoms with Crippen molar-refractivity contribution in [2.24, 2.45) is 11.8 Å². The molecule has 0 heterocycles. The van der Waals surface area contributed by atoms with E-state index in [1.165, 1.54) is 12.8 Å². The molecule has 1 saturated carbocycles. The maximum Gasteiger partial charge on any atom is -0.0199 e. The number of rotatable bonds is 0. The van der Waals surface area contributed by atoms with Crippen LogP contribution in [0.15, 0.2) is 12.2 Å². The van der Waals surface area contributed by atoms with Crippen LogP contribution in [0.3, 0.4) is 0 Å². The molecule has 2 aliphatic carbocycles. The molecule has 1 fully saturated rings. The van der Waals surface area contributed by atoms with E-state index in [0.717, 1.165) is 11.8 Å². The van der Waals surface area contributed by atoms with Gasteiger partial charge in [-0.3, -0.25) is 0 Å². The second-order valence-corrected chi connectivity index (χ2v) is 2.32. The zero-order valence-electron chi connectivity index (χ0n) is 3.72. The van der Waals surface area contributed by atoms with E-state index in [1.807, 2.05) is 0 Å². The molecule has 0 aromatic heterocycles. The Morgan fingerprint density at radius 1 is 1.50 bits per heavy atom. The zero-order valence-corrected chi connectivity index (χ0v) is 3.72. The Bertz CT molecular complexity index is 92.2. The summed E-state index contributed by atoms with van der Waals surface area (Å²) in [6.45, 7) is 0. The molecule has 2 rings (SSSR count). The molecule has 2 aliphatic rings. The Labute approximate surface area is 37.9 Å². The molecule has 0 N–H and O–H groups in total. The Kier molecular flexibility index (Phi) is 0.331. The molecule has 0 aromatic rings. The van der Waals surface area contributed by atoms with Crippen molar-refractivity contribution in [1.29, 1.82) is 0 Å². The highest BCUT2D eigenvalue weighted by Crippen LogP contribution is 2.46. The van der Waals surface area contributed by atoms with Crippen molar-refractivity contribution in [1.82, 2.24) is 0 Å². The van der Waals surface area contributed by atoms with Crippen LogP contribution in [0.4, 0.5) is 0 Å². The highest BCUT2D eigenvalue weighted by atomic mass is 14.4. The molecule has 0 aliphatic heterocycles. The van der Waals surface area contributed by atoms with E-state index in [0.29, 0.717) is 0 Å². The van der Waals surface area contributed by atoms with E-state index in [-0.39, 0.29) is 0 Å². The van der Waals surface area contributed by atoms with Crippen molar-refractivity contribution >= 4 is 0 Å². The predicted molar refractivity (Wildman–Crippen MR) is 25.4 cm³/mol. The summed E-state index contributed by atoms with van der Waals surface area (Å²) < 4.78 is 0. The molecule has 0 bridgehead atoms. The van der Waals surface area contributed by atoms with Crippen LogP contribution in [0.1, 0.15) is 12.8 Å². The van der Waals surface area contributed by atoms with Gasteiger partial charge in [-0.15, -0.1) is 0 Å². The Morgan fingerprint density at radius 2 is 2.50 bits per heavy atom. The fourth-order valence-corrected chi connectivity index (χ4v) is 1.21. The minimum Gasteiger partial charge on any atom is -0.0880 e. The fraction of sp³-hybridized carbons (Fsp3) is 0.667. The van der Waals surface area contributed by atoms with E-state index < -0.39 is 0 Å². The molecule has 0 spiro atoms.